The molecule has 0 aliphatic heterocycles. The van der Waals surface area contributed by atoms with Crippen molar-refractivity contribution in [1.82, 2.24) is 4.98 Å². The number of ether oxygens (including phenoxy) is 4. The molecule has 0 aromatic carbocycles. The third kappa shape index (κ3) is 6.13. The number of esters is 1. The van der Waals surface area contributed by atoms with E-state index < -0.39 is 11.9 Å². The molecule has 0 aliphatic carbocycles. The molecule has 1 aromatic heterocycles. The Morgan fingerprint density at radius 3 is 2.62 bits per heavy atom. The predicted molar refractivity (Wildman–Crippen MR) is 94.1 cm³/mol. The van der Waals surface area contributed by atoms with E-state index in [0.29, 0.717) is 31.3 Å². The number of aromatic nitrogens is 1. The first kappa shape index (κ1) is 20.4. The minimum atomic E-state index is -0.838. The van der Waals surface area contributed by atoms with Gasteiger partial charge in [0.05, 0.1) is 19.8 Å². The SMILES string of the molecule is C=C(OCC)C(C(=O)OCC)c1ncc(Br)cc1OCCCOC. The summed E-state index contributed by atoms with van der Waals surface area (Å²) in [4.78, 5) is 16.7. The standard InChI is InChI=1S/C17H24BrNO5/c1-5-22-12(3)15(17(20)23-6-2)16-14(10-13(18)11-19-16)24-9-7-8-21-4/h10-11,15H,3,5-9H2,1-2,4H3. The number of methoxy groups -OCH3 is 1. The van der Waals surface area contributed by atoms with Gasteiger partial charge in [-0.05, 0) is 35.8 Å². The molecule has 1 rings (SSSR count). The maximum atomic E-state index is 12.4. The third-order valence-corrected chi connectivity index (χ3v) is 3.48. The molecule has 134 valence electrons. The third-order valence-electron chi connectivity index (χ3n) is 3.05. The topological polar surface area (TPSA) is 66.9 Å². The Kier molecular flexibility index (Phi) is 9.41. The smallest absolute Gasteiger partial charge is 0.322 e. The van der Waals surface area contributed by atoms with E-state index >= 15 is 0 Å². The molecule has 0 spiro atoms. The Balaban J connectivity index is 3.10. The number of carbonyl (C=O) groups is 1. The molecule has 0 radical (unpaired) electrons. The van der Waals surface area contributed by atoms with Crippen LogP contribution < -0.4 is 4.74 Å². The molecule has 1 atom stereocenters. The Hall–Kier alpha value is -1.60. The average Bonchev–Trinajstić information content (AvgIpc) is 2.54. The summed E-state index contributed by atoms with van der Waals surface area (Å²) in [5.74, 6) is -0.533. The van der Waals surface area contributed by atoms with Crippen LogP contribution in [0.15, 0.2) is 29.1 Å². The van der Waals surface area contributed by atoms with Gasteiger partial charge in [-0.25, -0.2) is 0 Å². The zero-order valence-corrected chi connectivity index (χ0v) is 15.9. The highest BCUT2D eigenvalue weighted by Gasteiger charge is 2.31. The Morgan fingerprint density at radius 2 is 2.00 bits per heavy atom. The Morgan fingerprint density at radius 1 is 1.29 bits per heavy atom. The molecule has 7 heteroatoms. The maximum absolute atomic E-state index is 12.4. The summed E-state index contributed by atoms with van der Waals surface area (Å²) in [5, 5.41) is 0. The lowest BCUT2D eigenvalue weighted by atomic mass is 10.0. The second-order valence-corrected chi connectivity index (χ2v) is 5.73. The lowest BCUT2D eigenvalue weighted by Crippen LogP contribution is -2.21. The summed E-state index contributed by atoms with van der Waals surface area (Å²) in [6.07, 6.45) is 2.32. The van der Waals surface area contributed by atoms with E-state index in [-0.39, 0.29) is 12.4 Å². The second kappa shape index (κ2) is 11.0. The van der Waals surface area contributed by atoms with Gasteiger partial charge in [0.25, 0.3) is 0 Å². The van der Waals surface area contributed by atoms with Crippen LogP contribution in [0, 0.1) is 0 Å². The highest BCUT2D eigenvalue weighted by atomic mass is 79.9. The molecular weight excluding hydrogens is 378 g/mol. The van der Waals surface area contributed by atoms with Crippen molar-refractivity contribution in [3.8, 4) is 5.75 Å². The number of carbonyl (C=O) groups excluding carboxylic acids is 1. The van der Waals surface area contributed by atoms with Gasteiger partial charge in [0, 0.05) is 30.8 Å². The number of hydrogen-bond donors (Lipinski definition) is 0. The van der Waals surface area contributed by atoms with E-state index in [1.54, 1.807) is 26.3 Å². The number of nitrogens with zero attached hydrogens (tertiary/aromatic N) is 1. The molecular formula is C17H24BrNO5. The van der Waals surface area contributed by atoms with Crippen molar-refractivity contribution < 1.29 is 23.7 Å². The Labute approximate surface area is 151 Å². The fourth-order valence-electron chi connectivity index (χ4n) is 2.04. The second-order valence-electron chi connectivity index (χ2n) is 4.82. The first-order valence-corrected chi connectivity index (χ1v) is 8.59. The van der Waals surface area contributed by atoms with Crippen LogP contribution in [0.4, 0.5) is 0 Å². The predicted octanol–water partition coefficient (Wildman–Crippen LogP) is 3.46. The summed E-state index contributed by atoms with van der Waals surface area (Å²) in [6.45, 7) is 9.10. The summed E-state index contributed by atoms with van der Waals surface area (Å²) < 4.78 is 22.1. The molecule has 0 N–H and O–H groups in total. The largest absolute Gasteiger partial charge is 0.498 e. The summed E-state index contributed by atoms with van der Waals surface area (Å²) in [7, 11) is 1.63. The van der Waals surface area contributed by atoms with Crippen molar-refractivity contribution >= 4 is 21.9 Å². The minimum absolute atomic E-state index is 0.259. The van der Waals surface area contributed by atoms with E-state index in [4.69, 9.17) is 18.9 Å². The highest BCUT2D eigenvalue weighted by Crippen LogP contribution is 2.33. The van der Waals surface area contributed by atoms with Crippen LogP contribution in [0.25, 0.3) is 0 Å². The van der Waals surface area contributed by atoms with Gasteiger partial charge in [0.1, 0.15) is 17.2 Å². The fraction of sp³-hybridized carbons (Fsp3) is 0.529. The molecule has 1 heterocycles. The van der Waals surface area contributed by atoms with Crippen molar-refractivity contribution in [2.24, 2.45) is 0 Å². The van der Waals surface area contributed by atoms with Crippen molar-refractivity contribution in [2.75, 3.05) is 33.5 Å². The highest BCUT2D eigenvalue weighted by molar-refractivity contribution is 9.10. The molecule has 0 amide bonds. The van der Waals surface area contributed by atoms with E-state index in [1.165, 1.54) is 0 Å². The number of hydrogen-bond acceptors (Lipinski definition) is 6. The monoisotopic (exact) mass is 401 g/mol. The van der Waals surface area contributed by atoms with E-state index in [0.717, 1.165) is 10.9 Å². The van der Waals surface area contributed by atoms with Crippen LogP contribution in [-0.2, 0) is 19.0 Å². The van der Waals surface area contributed by atoms with Gasteiger partial charge in [-0.1, -0.05) is 6.58 Å². The van der Waals surface area contributed by atoms with Gasteiger partial charge >= 0.3 is 5.97 Å². The van der Waals surface area contributed by atoms with Gasteiger partial charge in [0.2, 0.25) is 0 Å². The molecule has 0 bridgehead atoms. The molecule has 0 aliphatic rings. The van der Waals surface area contributed by atoms with E-state index in [1.807, 2.05) is 6.92 Å². The molecule has 0 fully saturated rings. The summed E-state index contributed by atoms with van der Waals surface area (Å²) >= 11 is 3.37. The quantitative estimate of drug-likeness (QED) is 0.321. The fourth-order valence-corrected chi connectivity index (χ4v) is 2.35. The zero-order valence-electron chi connectivity index (χ0n) is 14.3. The molecule has 0 saturated carbocycles. The van der Waals surface area contributed by atoms with Crippen LogP contribution >= 0.6 is 15.9 Å². The number of pyridine rings is 1. The Bertz CT molecular complexity index is 532. The van der Waals surface area contributed by atoms with Gasteiger partial charge in [-0.15, -0.1) is 0 Å². The van der Waals surface area contributed by atoms with Crippen molar-refractivity contribution in [3.63, 3.8) is 0 Å². The van der Waals surface area contributed by atoms with E-state index in [2.05, 4.69) is 27.5 Å². The van der Waals surface area contributed by atoms with Gasteiger partial charge in [-0.2, -0.15) is 0 Å². The van der Waals surface area contributed by atoms with Gasteiger partial charge < -0.3 is 18.9 Å². The van der Waals surface area contributed by atoms with Crippen molar-refractivity contribution in [1.29, 1.82) is 0 Å². The van der Waals surface area contributed by atoms with Crippen LogP contribution in [0.2, 0.25) is 0 Å². The van der Waals surface area contributed by atoms with Crippen molar-refractivity contribution in [2.45, 2.75) is 26.2 Å². The number of rotatable bonds is 11. The van der Waals surface area contributed by atoms with Crippen LogP contribution in [0.5, 0.6) is 5.75 Å². The van der Waals surface area contributed by atoms with E-state index in [9.17, 15) is 4.79 Å². The molecule has 24 heavy (non-hydrogen) atoms. The number of halogens is 1. The lowest BCUT2D eigenvalue weighted by Gasteiger charge is -2.20. The zero-order chi connectivity index (χ0) is 17.9. The van der Waals surface area contributed by atoms with Gasteiger partial charge in [-0.3, -0.25) is 9.78 Å². The normalized spacial score (nSPS) is 11.7. The maximum Gasteiger partial charge on any atom is 0.322 e. The first-order chi connectivity index (χ1) is 11.5. The average molecular weight is 402 g/mol. The van der Waals surface area contributed by atoms with Crippen LogP contribution in [-0.4, -0.2) is 44.5 Å². The van der Waals surface area contributed by atoms with Crippen LogP contribution in [0.1, 0.15) is 31.9 Å². The molecule has 1 unspecified atom stereocenters. The van der Waals surface area contributed by atoms with Crippen LogP contribution in [0.3, 0.4) is 0 Å². The van der Waals surface area contributed by atoms with Gasteiger partial charge in [0.15, 0.2) is 5.92 Å². The molecule has 6 nitrogen and oxygen atoms in total. The summed E-state index contributed by atoms with van der Waals surface area (Å²) in [6, 6.07) is 1.76. The van der Waals surface area contributed by atoms with Crippen molar-refractivity contribution in [3.05, 3.63) is 34.8 Å². The molecule has 0 saturated heterocycles. The molecule has 1 aromatic rings. The summed E-state index contributed by atoms with van der Waals surface area (Å²) in [5.41, 5.74) is 0.424. The lowest BCUT2D eigenvalue weighted by molar-refractivity contribution is -0.145. The minimum Gasteiger partial charge on any atom is -0.498 e. The first-order valence-electron chi connectivity index (χ1n) is 7.80.